The van der Waals surface area contributed by atoms with Crippen molar-refractivity contribution in [2.45, 2.75) is 0 Å². The molecule has 0 saturated heterocycles. The van der Waals surface area contributed by atoms with E-state index in [-0.39, 0.29) is 5.69 Å². The summed E-state index contributed by atoms with van der Waals surface area (Å²) in [5.74, 6) is 0.763. The van der Waals surface area contributed by atoms with Crippen LogP contribution in [0.3, 0.4) is 0 Å². The zero-order valence-electron chi connectivity index (χ0n) is 8.72. The maximum absolute atomic E-state index is 8.71. The number of nitriles is 1. The molecule has 4 nitrogen and oxygen atoms in total. The van der Waals surface area contributed by atoms with Crippen LogP contribution in [-0.4, -0.2) is 4.98 Å². The molecule has 0 spiro atoms. The van der Waals surface area contributed by atoms with Crippen molar-refractivity contribution in [2.24, 2.45) is 0 Å². The van der Waals surface area contributed by atoms with Crippen molar-refractivity contribution >= 4 is 17.3 Å². The summed E-state index contributed by atoms with van der Waals surface area (Å²) in [6, 6.07) is 11.8. The lowest BCUT2D eigenvalue weighted by molar-refractivity contribution is 0.463. The van der Waals surface area contributed by atoms with Gasteiger partial charge in [-0.25, -0.2) is 4.98 Å². The van der Waals surface area contributed by atoms with E-state index in [4.69, 9.17) is 27.3 Å². The third kappa shape index (κ3) is 2.65. The zero-order valence-corrected chi connectivity index (χ0v) is 9.48. The Balaban J connectivity index is 2.28. The lowest BCUT2D eigenvalue weighted by atomic mass is 10.3. The Hall–Kier alpha value is -2.25. The molecule has 0 aliphatic carbocycles. The Kier molecular flexibility index (Phi) is 3.12. The molecule has 0 atom stereocenters. The van der Waals surface area contributed by atoms with Crippen molar-refractivity contribution in [1.82, 2.24) is 4.98 Å². The number of anilines is 1. The van der Waals surface area contributed by atoms with Crippen molar-refractivity contribution in [2.75, 3.05) is 5.73 Å². The molecule has 0 unspecified atom stereocenters. The van der Waals surface area contributed by atoms with Crippen molar-refractivity contribution in [3.8, 4) is 17.7 Å². The molecular weight excluding hydrogens is 238 g/mol. The number of aromatic nitrogens is 1. The normalized spacial score (nSPS) is 9.65. The van der Waals surface area contributed by atoms with Crippen LogP contribution in [0.25, 0.3) is 0 Å². The van der Waals surface area contributed by atoms with E-state index in [0.29, 0.717) is 22.3 Å². The molecule has 0 amide bonds. The van der Waals surface area contributed by atoms with Gasteiger partial charge in [0.1, 0.15) is 17.5 Å². The molecule has 1 aromatic carbocycles. The molecule has 0 aliphatic rings. The number of nitrogens with two attached hydrogens (primary N) is 1. The fourth-order valence-corrected chi connectivity index (χ4v) is 1.47. The molecule has 17 heavy (non-hydrogen) atoms. The average molecular weight is 246 g/mol. The fraction of sp³-hybridized carbons (Fsp3) is 0. The lowest BCUT2D eigenvalue weighted by Gasteiger charge is -2.06. The van der Waals surface area contributed by atoms with Crippen LogP contribution < -0.4 is 10.5 Å². The molecular formula is C12H8ClN3O. The molecule has 0 bridgehead atoms. The predicted molar refractivity (Wildman–Crippen MR) is 64.9 cm³/mol. The van der Waals surface area contributed by atoms with E-state index < -0.39 is 0 Å². The lowest BCUT2D eigenvalue weighted by Crippen LogP contribution is -1.91. The average Bonchev–Trinajstić information content (AvgIpc) is 2.33. The Morgan fingerprint density at radius 1 is 1.29 bits per heavy atom. The van der Waals surface area contributed by atoms with Gasteiger partial charge in [-0.3, -0.25) is 0 Å². The first kappa shape index (κ1) is 11.2. The van der Waals surface area contributed by atoms with Gasteiger partial charge in [0.15, 0.2) is 0 Å². The minimum Gasteiger partial charge on any atom is -0.437 e. The number of halogens is 1. The topological polar surface area (TPSA) is 71.9 Å². The Bertz CT molecular complexity index is 593. The largest absolute Gasteiger partial charge is 0.437 e. The smallest absolute Gasteiger partial charge is 0.220 e. The van der Waals surface area contributed by atoms with Crippen LogP contribution >= 0.6 is 11.6 Å². The molecule has 0 saturated carbocycles. The molecule has 1 aromatic heterocycles. The molecule has 0 aliphatic heterocycles. The van der Waals surface area contributed by atoms with Gasteiger partial charge in [-0.05, 0) is 24.3 Å². The molecule has 2 aromatic rings. The summed E-state index contributed by atoms with van der Waals surface area (Å²) in [4.78, 5) is 3.98. The summed E-state index contributed by atoms with van der Waals surface area (Å²) in [6.07, 6.45) is 0. The third-order valence-electron chi connectivity index (χ3n) is 2.01. The van der Waals surface area contributed by atoms with E-state index in [1.165, 1.54) is 0 Å². The SMILES string of the molecule is N#Cc1cccc(Oc2ccc(N)cc2Cl)n1. The van der Waals surface area contributed by atoms with Crippen LogP contribution in [-0.2, 0) is 0 Å². The highest BCUT2D eigenvalue weighted by Crippen LogP contribution is 2.29. The van der Waals surface area contributed by atoms with E-state index in [2.05, 4.69) is 4.98 Å². The molecule has 2 rings (SSSR count). The predicted octanol–water partition coefficient (Wildman–Crippen LogP) is 2.98. The van der Waals surface area contributed by atoms with Crippen LogP contribution in [0.1, 0.15) is 5.69 Å². The van der Waals surface area contributed by atoms with E-state index in [9.17, 15) is 0 Å². The van der Waals surface area contributed by atoms with E-state index >= 15 is 0 Å². The minimum absolute atomic E-state index is 0.286. The van der Waals surface area contributed by atoms with Crippen LogP contribution in [0, 0.1) is 11.3 Å². The monoisotopic (exact) mass is 245 g/mol. The van der Waals surface area contributed by atoms with Gasteiger partial charge in [-0.2, -0.15) is 5.26 Å². The maximum Gasteiger partial charge on any atom is 0.220 e. The van der Waals surface area contributed by atoms with E-state index in [1.807, 2.05) is 6.07 Å². The van der Waals surface area contributed by atoms with Crippen LogP contribution in [0.5, 0.6) is 11.6 Å². The van der Waals surface area contributed by atoms with Gasteiger partial charge in [-0.15, -0.1) is 0 Å². The van der Waals surface area contributed by atoms with Crippen molar-refractivity contribution in [1.29, 1.82) is 5.26 Å². The van der Waals surface area contributed by atoms with Crippen LogP contribution in [0.4, 0.5) is 5.69 Å². The summed E-state index contributed by atoms with van der Waals surface area (Å²) in [6.45, 7) is 0. The number of hydrogen-bond acceptors (Lipinski definition) is 4. The number of benzene rings is 1. The number of hydrogen-bond donors (Lipinski definition) is 1. The van der Waals surface area contributed by atoms with Gasteiger partial charge in [-0.1, -0.05) is 17.7 Å². The van der Waals surface area contributed by atoms with Crippen molar-refractivity contribution in [3.05, 3.63) is 47.1 Å². The molecule has 1 heterocycles. The summed E-state index contributed by atoms with van der Waals surface area (Å²) in [7, 11) is 0. The second-order valence-electron chi connectivity index (χ2n) is 3.26. The van der Waals surface area contributed by atoms with Gasteiger partial charge >= 0.3 is 0 Å². The number of nitrogen functional groups attached to an aromatic ring is 1. The fourth-order valence-electron chi connectivity index (χ4n) is 1.25. The van der Waals surface area contributed by atoms with Crippen LogP contribution in [0.15, 0.2) is 36.4 Å². The second-order valence-corrected chi connectivity index (χ2v) is 3.67. The molecule has 0 fully saturated rings. The maximum atomic E-state index is 8.71. The van der Waals surface area contributed by atoms with Crippen molar-refractivity contribution in [3.63, 3.8) is 0 Å². The minimum atomic E-state index is 0.286. The highest BCUT2D eigenvalue weighted by Gasteiger charge is 2.05. The third-order valence-corrected chi connectivity index (χ3v) is 2.30. The molecule has 5 heteroatoms. The molecule has 2 N–H and O–H groups in total. The van der Waals surface area contributed by atoms with Gasteiger partial charge < -0.3 is 10.5 Å². The van der Waals surface area contributed by atoms with Gasteiger partial charge in [0.25, 0.3) is 0 Å². The highest BCUT2D eigenvalue weighted by molar-refractivity contribution is 6.32. The second kappa shape index (κ2) is 4.73. The Morgan fingerprint density at radius 2 is 2.12 bits per heavy atom. The quantitative estimate of drug-likeness (QED) is 0.826. The zero-order chi connectivity index (χ0) is 12.3. The first-order valence-electron chi connectivity index (χ1n) is 4.79. The first-order valence-corrected chi connectivity index (χ1v) is 5.17. The number of ether oxygens (including phenoxy) is 1. The molecule has 84 valence electrons. The summed E-state index contributed by atoms with van der Waals surface area (Å²) in [5.41, 5.74) is 6.41. The summed E-state index contributed by atoms with van der Waals surface area (Å²) in [5, 5.41) is 9.11. The number of rotatable bonds is 2. The van der Waals surface area contributed by atoms with E-state index in [1.54, 1.807) is 36.4 Å². The highest BCUT2D eigenvalue weighted by atomic mass is 35.5. The Morgan fingerprint density at radius 3 is 2.82 bits per heavy atom. The number of nitrogens with zero attached hydrogens (tertiary/aromatic N) is 2. The van der Waals surface area contributed by atoms with Gasteiger partial charge in [0.05, 0.1) is 5.02 Å². The number of pyridine rings is 1. The van der Waals surface area contributed by atoms with Gasteiger partial charge in [0.2, 0.25) is 5.88 Å². The van der Waals surface area contributed by atoms with Crippen LogP contribution in [0.2, 0.25) is 5.02 Å². The Labute approximate surface area is 103 Å². The summed E-state index contributed by atoms with van der Waals surface area (Å²) < 4.78 is 5.46. The summed E-state index contributed by atoms with van der Waals surface area (Å²) >= 11 is 5.96. The first-order chi connectivity index (χ1) is 8.19. The van der Waals surface area contributed by atoms with E-state index in [0.717, 1.165) is 0 Å². The van der Waals surface area contributed by atoms with Gasteiger partial charge in [0, 0.05) is 11.8 Å². The van der Waals surface area contributed by atoms with Crippen molar-refractivity contribution < 1.29 is 4.74 Å². The molecule has 0 radical (unpaired) electrons. The standard InChI is InChI=1S/C12H8ClN3O/c13-10-6-8(15)4-5-11(10)17-12-3-1-2-9(7-14)16-12/h1-6H,15H2.